The Morgan fingerprint density at radius 2 is 1.84 bits per heavy atom. The number of ether oxygens (including phenoxy) is 2. The molecule has 1 fully saturated rings. The summed E-state index contributed by atoms with van der Waals surface area (Å²) in [5.74, 6) is -0.397. The SMILES string of the molecule is COCCCNC(=O)c1cc(NC(=O)COCc2ccccc2)ccc1N1CCCC1. The predicted octanol–water partition coefficient (Wildman–Crippen LogP) is 3.21. The van der Waals surface area contributed by atoms with E-state index in [1.54, 1.807) is 13.2 Å². The average molecular weight is 426 g/mol. The number of hydrogen-bond acceptors (Lipinski definition) is 5. The lowest BCUT2D eigenvalue weighted by atomic mass is 10.1. The van der Waals surface area contributed by atoms with Crippen LogP contribution < -0.4 is 15.5 Å². The minimum atomic E-state index is -0.253. The quantitative estimate of drug-likeness (QED) is 0.541. The van der Waals surface area contributed by atoms with Crippen molar-refractivity contribution in [1.29, 1.82) is 0 Å². The first-order valence-electron chi connectivity index (χ1n) is 10.7. The molecule has 1 saturated heterocycles. The van der Waals surface area contributed by atoms with E-state index in [1.807, 2.05) is 42.5 Å². The van der Waals surface area contributed by atoms with Gasteiger partial charge in [-0.05, 0) is 43.0 Å². The van der Waals surface area contributed by atoms with E-state index >= 15 is 0 Å². The van der Waals surface area contributed by atoms with Crippen molar-refractivity contribution >= 4 is 23.2 Å². The van der Waals surface area contributed by atoms with Crippen LogP contribution in [0, 0.1) is 0 Å². The summed E-state index contributed by atoms with van der Waals surface area (Å²) < 4.78 is 10.5. The summed E-state index contributed by atoms with van der Waals surface area (Å²) in [6.45, 7) is 3.32. The summed E-state index contributed by atoms with van der Waals surface area (Å²) in [5.41, 5.74) is 3.07. The molecule has 7 nitrogen and oxygen atoms in total. The van der Waals surface area contributed by atoms with Crippen molar-refractivity contribution in [3.05, 3.63) is 59.7 Å². The third kappa shape index (κ3) is 7.08. The van der Waals surface area contributed by atoms with Gasteiger partial charge in [-0.3, -0.25) is 9.59 Å². The number of amides is 2. The van der Waals surface area contributed by atoms with Gasteiger partial charge in [0.05, 0.1) is 12.2 Å². The van der Waals surface area contributed by atoms with Gasteiger partial charge in [0.15, 0.2) is 0 Å². The Hall–Kier alpha value is -2.90. The number of nitrogens with zero attached hydrogens (tertiary/aromatic N) is 1. The normalized spacial score (nSPS) is 13.3. The second-order valence-corrected chi connectivity index (χ2v) is 7.55. The molecule has 1 aliphatic rings. The molecule has 2 aromatic carbocycles. The highest BCUT2D eigenvalue weighted by Crippen LogP contribution is 2.27. The molecule has 3 rings (SSSR count). The lowest BCUT2D eigenvalue weighted by Crippen LogP contribution is -2.29. The number of carbonyl (C=O) groups is 2. The minimum absolute atomic E-state index is 0.0542. The fraction of sp³-hybridized carbons (Fsp3) is 0.417. The van der Waals surface area contributed by atoms with Crippen molar-refractivity contribution in [1.82, 2.24) is 5.32 Å². The van der Waals surface area contributed by atoms with Gasteiger partial charge in [-0.25, -0.2) is 0 Å². The number of methoxy groups -OCH3 is 1. The number of carbonyl (C=O) groups excluding carboxylic acids is 2. The van der Waals surface area contributed by atoms with Crippen molar-refractivity contribution < 1.29 is 19.1 Å². The van der Waals surface area contributed by atoms with E-state index in [-0.39, 0.29) is 18.4 Å². The summed E-state index contributed by atoms with van der Waals surface area (Å²) in [6, 6.07) is 15.2. The highest BCUT2D eigenvalue weighted by atomic mass is 16.5. The monoisotopic (exact) mass is 425 g/mol. The molecule has 0 unspecified atom stereocenters. The molecule has 0 spiro atoms. The third-order valence-electron chi connectivity index (χ3n) is 5.13. The highest BCUT2D eigenvalue weighted by molar-refractivity contribution is 6.02. The Morgan fingerprint density at radius 3 is 2.58 bits per heavy atom. The standard InChI is InChI=1S/C24H31N3O4/c1-30-15-7-12-25-24(29)21-16-20(10-11-22(21)27-13-5-6-14-27)26-23(28)18-31-17-19-8-3-2-4-9-19/h2-4,8-11,16H,5-7,12-15,17-18H2,1H3,(H,25,29)(H,26,28). The first-order valence-corrected chi connectivity index (χ1v) is 10.7. The molecule has 0 radical (unpaired) electrons. The molecule has 31 heavy (non-hydrogen) atoms. The van der Waals surface area contributed by atoms with Crippen LogP contribution in [0.1, 0.15) is 35.2 Å². The van der Waals surface area contributed by atoms with Crippen molar-refractivity contribution in [3.8, 4) is 0 Å². The molecule has 0 bridgehead atoms. The molecule has 2 N–H and O–H groups in total. The van der Waals surface area contributed by atoms with E-state index in [4.69, 9.17) is 9.47 Å². The van der Waals surface area contributed by atoms with E-state index in [2.05, 4.69) is 15.5 Å². The van der Waals surface area contributed by atoms with Crippen LogP contribution in [0.2, 0.25) is 0 Å². The second-order valence-electron chi connectivity index (χ2n) is 7.55. The average Bonchev–Trinajstić information content (AvgIpc) is 3.32. The zero-order chi connectivity index (χ0) is 21.9. The number of hydrogen-bond donors (Lipinski definition) is 2. The molecular weight excluding hydrogens is 394 g/mol. The van der Waals surface area contributed by atoms with E-state index in [0.29, 0.717) is 31.0 Å². The number of nitrogens with one attached hydrogen (secondary N) is 2. The Labute approximate surface area is 183 Å². The maximum atomic E-state index is 12.8. The van der Waals surface area contributed by atoms with Crippen LogP contribution in [-0.4, -0.2) is 51.8 Å². The molecule has 2 amide bonds. The zero-order valence-electron chi connectivity index (χ0n) is 18.1. The van der Waals surface area contributed by atoms with Gasteiger partial charge in [0, 0.05) is 44.7 Å². The first-order chi connectivity index (χ1) is 15.2. The van der Waals surface area contributed by atoms with Crippen LogP contribution >= 0.6 is 0 Å². The smallest absolute Gasteiger partial charge is 0.253 e. The van der Waals surface area contributed by atoms with Gasteiger partial charge in [0.2, 0.25) is 5.91 Å². The summed E-state index contributed by atoms with van der Waals surface area (Å²) >= 11 is 0. The lowest BCUT2D eigenvalue weighted by molar-refractivity contribution is -0.121. The van der Waals surface area contributed by atoms with Crippen LogP contribution in [0.25, 0.3) is 0 Å². The van der Waals surface area contributed by atoms with E-state index in [0.717, 1.165) is 43.6 Å². The Bertz CT molecular complexity index is 851. The van der Waals surface area contributed by atoms with Crippen LogP contribution in [0.5, 0.6) is 0 Å². The predicted molar refractivity (Wildman–Crippen MR) is 121 cm³/mol. The molecule has 0 saturated carbocycles. The van der Waals surface area contributed by atoms with E-state index in [1.165, 1.54) is 0 Å². The topological polar surface area (TPSA) is 79.9 Å². The summed E-state index contributed by atoms with van der Waals surface area (Å²) in [7, 11) is 1.64. The molecule has 0 aliphatic carbocycles. The highest BCUT2D eigenvalue weighted by Gasteiger charge is 2.20. The van der Waals surface area contributed by atoms with Crippen LogP contribution in [0.3, 0.4) is 0 Å². The van der Waals surface area contributed by atoms with Gasteiger partial charge in [-0.15, -0.1) is 0 Å². The number of anilines is 2. The Kier molecular flexibility index (Phi) is 8.87. The maximum absolute atomic E-state index is 12.8. The largest absolute Gasteiger partial charge is 0.385 e. The number of benzene rings is 2. The summed E-state index contributed by atoms with van der Waals surface area (Å²) in [6.07, 6.45) is 2.98. The van der Waals surface area contributed by atoms with Crippen molar-refractivity contribution in [2.24, 2.45) is 0 Å². The van der Waals surface area contributed by atoms with Crippen LogP contribution in [-0.2, 0) is 20.9 Å². The molecular formula is C24H31N3O4. The van der Waals surface area contributed by atoms with E-state index < -0.39 is 0 Å². The van der Waals surface area contributed by atoms with Gasteiger partial charge in [0.25, 0.3) is 5.91 Å². The van der Waals surface area contributed by atoms with Crippen molar-refractivity contribution in [2.75, 3.05) is 50.2 Å². The van der Waals surface area contributed by atoms with Gasteiger partial charge < -0.3 is 25.0 Å². The van der Waals surface area contributed by atoms with Crippen LogP contribution in [0.4, 0.5) is 11.4 Å². The Balaban J connectivity index is 1.61. The molecule has 7 heteroatoms. The molecule has 2 aromatic rings. The molecule has 0 atom stereocenters. The van der Waals surface area contributed by atoms with Crippen molar-refractivity contribution in [3.63, 3.8) is 0 Å². The molecule has 166 valence electrons. The van der Waals surface area contributed by atoms with Gasteiger partial charge in [-0.2, -0.15) is 0 Å². The van der Waals surface area contributed by atoms with Crippen LogP contribution in [0.15, 0.2) is 48.5 Å². The minimum Gasteiger partial charge on any atom is -0.385 e. The van der Waals surface area contributed by atoms with Gasteiger partial charge in [-0.1, -0.05) is 30.3 Å². The summed E-state index contributed by atoms with van der Waals surface area (Å²) in [4.78, 5) is 27.4. The maximum Gasteiger partial charge on any atom is 0.253 e. The molecule has 0 aromatic heterocycles. The fourth-order valence-electron chi connectivity index (χ4n) is 3.58. The lowest BCUT2D eigenvalue weighted by Gasteiger charge is -2.22. The van der Waals surface area contributed by atoms with Gasteiger partial charge in [0.1, 0.15) is 6.61 Å². The number of rotatable bonds is 11. The molecule has 1 heterocycles. The first kappa shape index (κ1) is 22.8. The summed E-state index contributed by atoms with van der Waals surface area (Å²) in [5, 5.41) is 5.78. The zero-order valence-corrected chi connectivity index (χ0v) is 18.1. The third-order valence-corrected chi connectivity index (χ3v) is 5.13. The van der Waals surface area contributed by atoms with Crippen molar-refractivity contribution in [2.45, 2.75) is 25.9 Å². The molecule has 1 aliphatic heterocycles. The van der Waals surface area contributed by atoms with Gasteiger partial charge >= 0.3 is 0 Å². The second kappa shape index (κ2) is 12.1. The van der Waals surface area contributed by atoms with E-state index in [9.17, 15) is 9.59 Å². The Morgan fingerprint density at radius 1 is 1.06 bits per heavy atom. The fourth-order valence-corrected chi connectivity index (χ4v) is 3.58.